The highest BCUT2D eigenvalue weighted by Crippen LogP contribution is 2.59. The molecule has 3 aliphatic heterocycles. The van der Waals surface area contributed by atoms with Crippen LogP contribution in [0.5, 0.6) is 0 Å². The number of ether oxygens (including phenoxy) is 6. The second-order valence-electron chi connectivity index (χ2n) is 13.2. The maximum Gasteiger partial charge on any atom is 0.171 e. The molecular formula is C30H48O6. The van der Waals surface area contributed by atoms with Gasteiger partial charge in [-0.2, -0.15) is 0 Å². The van der Waals surface area contributed by atoms with Crippen LogP contribution >= 0.6 is 0 Å². The summed E-state index contributed by atoms with van der Waals surface area (Å²) < 4.78 is 38.8. The Morgan fingerprint density at radius 2 is 1.25 bits per heavy atom. The van der Waals surface area contributed by atoms with Crippen LogP contribution in [0.15, 0.2) is 0 Å². The molecule has 7 rings (SSSR count). The van der Waals surface area contributed by atoms with E-state index in [2.05, 4.69) is 0 Å². The standard InChI is InChI=1S/C30H48O6/c1-2-10-28(11-3-1)31-13-5-7-27(36-28)23-6-4-12-29(20-23)32-14-8-22(9-15-33-29)26-19-25-18-24(26)21-30(25)34-16-17-35-30/h22-27H,1-21H2. The number of hydrogen-bond donors (Lipinski definition) is 0. The van der Waals surface area contributed by atoms with Crippen molar-refractivity contribution in [1.82, 2.24) is 0 Å². The van der Waals surface area contributed by atoms with Crippen LogP contribution in [-0.4, -0.2) is 56.5 Å². The van der Waals surface area contributed by atoms with Gasteiger partial charge in [-0.1, -0.05) is 6.42 Å². The first-order chi connectivity index (χ1) is 17.7. The molecule has 6 nitrogen and oxygen atoms in total. The molecule has 0 amide bonds. The van der Waals surface area contributed by atoms with Gasteiger partial charge < -0.3 is 28.4 Å². The molecule has 7 fully saturated rings. The van der Waals surface area contributed by atoms with Crippen molar-refractivity contribution in [2.75, 3.05) is 33.0 Å². The highest BCUT2D eigenvalue weighted by molar-refractivity contribution is 5.04. The van der Waals surface area contributed by atoms with E-state index in [0.717, 1.165) is 89.8 Å². The molecule has 7 aliphatic rings. The van der Waals surface area contributed by atoms with Gasteiger partial charge in [0.2, 0.25) is 0 Å². The Balaban J connectivity index is 0.959. The smallest absolute Gasteiger partial charge is 0.171 e. The molecule has 0 aromatic rings. The highest BCUT2D eigenvalue weighted by Gasteiger charge is 2.59. The van der Waals surface area contributed by atoms with Crippen LogP contribution in [0.2, 0.25) is 0 Å². The molecule has 0 radical (unpaired) electrons. The van der Waals surface area contributed by atoms with E-state index in [1.165, 1.54) is 57.8 Å². The van der Waals surface area contributed by atoms with Gasteiger partial charge >= 0.3 is 0 Å². The van der Waals surface area contributed by atoms with Crippen LogP contribution in [0.1, 0.15) is 103 Å². The summed E-state index contributed by atoms with van der Waals surface area (Å²) in [4.78, 5) is 0. The van der Waals surface area contributed by atoms with Crippen molar-refractivity contribution in [3.05, 3.63) is 0 Å². The summed E-state index contributed by atoms with van der Waals surface area (Å²) in [6.07, 6.45) is 18.9. The summed E-state index contributed by atoms with van der Waals surface area (Å²) in [7, 11) is 0. The molecule has 204 valence electrons. The van der Waals surface area contributed by atoms with Crippen molar-refractivity contribution in [3.63, 3.8) is 0 Å². The first-order valence-corrected chi connectivity index (χ1v) is 15.5. The van der Waals surface area contributed by atoms with Crippen LogP contribution in [0.4, 0.5) is 0 Å². The third-order valence-electron chi connectivity index (χ3n) is 11.2. The van der Waals surface area contributed by atoms with Crippen LogP contribution in [0, 0.1) is 29.6 Å². The first-order valence-electron chi connectivity index (χ1n) is 15.5. The monoisotopic (exact) mass is 504 g/mol. The summed E-state index contributed by atoms with van der Waals surface area (Å²) in [5.41, 5.74) is 0. The van der Waals surface area contributed by atoms with Crippen LogP contribution < -0.4 is 0 Å². The maximum absolute atomic E-state index is 6.87. The van der Waals surface area contributed by atoms with Gasteiger partial charge in [0.1, 0.15) is 0 Å². The SMILES string of the molecule is C1CCC2(CC1)OCCCC(C1CCCC3(C1)OCCC(C1CC4CC1CC41OCCO1)CCO3)O2. The van der Waals surface area contributed by atoms with E-state index in [1.54, 1.807) is 0 Å². The molecule has 4 aliphatic carbocycles. The predicted octanol–water partition coefficient (Wildman–Crippen LogP) is 5.96. The third kappa shape index (κ3) is 4.60. The first kappa shape index (κ1) is 24.8. The van der Waals surface area contributed by atoms with Crippen LogP contribution in [-0.2, 0) is 28.4 Å². The lowest BCUT2D eigenvalue weighted by Crippen LogP contribution is -2.48. The lowest BCUT2D eigenvalue weighted by atomic mass is 9.74. The largest absolute Gasteiger partial charge is 0.350 e. The Labute approximate surface area is 217 Å². The number of hydrogen-bond acceptors (Lipinski definition) is 6. The molecule has 3 heterocycles. The molecule has 0 aromatic heterocycles. The third-order valence-corrected chi connectivity index (χ3v) is 11.2. The van der Waals surface area contributed by atoms with Crippen LogP contribution in [0.3, 0.4) is 0 Å². The lowest BCUT2D eigenvalue weighted by molar-refractivity contribution is -0.295. The van der Waals surface area contributed by atoms with Crippen molar-refractivity contribution in [3.8, 4) is 0 Å². The van der Waals surface area contributed by atoms with Gasteiger partial charge in [-0.15, -0.1) is 0 Å². The Morgan fingerprint density at radius 3 is 2.00 bits per heavy atom. The fourth-order valence-corrected chi connectivity index (χ4v) is 9.50. The number of fused-ring (bicyclic) bond motifs is 3. The maximum atomic E-state index is 6.87. The van der Waals surface area contributed by atoms with E-state index in [4.69, 9.17) is 28.4 Å². The Bertz CT molecular complexity index is 749. The van der Waals surface area contributed by atoms with Gasteiger partial charge in [-0.05, 0) is 87.9 Å². The van der Waals surface area contributed by atoms with E-state index >= 15 is 0 Å². The van der Waals surface area contributed by atoms with Gasteiger partial charge in [-0.3, -0.25) is 0 Å². The molecule has 5 unspecified atom stereocenters. The fraction of sp³-hybridized carbons (Fsp3) is 1.00. The molecule has 5 atom stereocenters. The molecule has 0 aromatic carbocycles. The minimum Gasteiger partial charge on any atom is -0.350 e. The minimum absolute atomic E-state index is 0.224. The fourth-order valence-electron chi connectivity index (χ4n) is 9.50. The average molecular weight is 505 g/mol. The van der Waals surface area contributed by atoms with Crippen molar-refractivity contribution in [2.24, 2.45) is 29.6 Å². The predicted molar refractivity (Wildman–Crippen MR) is 134 cm³/mol. The molecule has 36 heavy (non-hydrogen) atoms. The topological polar surface area (TPSA) is 55.4 Å². The zero-order valence-electron chi connectivity index (χ0n) is 22.3. The lowest BCUT2D eigenvalue weighted by Gasteiger charge is -2.46. The zero-order valence-corrected chi connectivity index (χ0v) is 22.3. The summed E-state index contributed by atoms with van der Waals surface area (Å²) in [6, 6.07) is 0. The summed E-state index contributed by atoms with van der Waals surface area (Å²) in [5, 5.41) is 0. The van der Waals surface area contributed by atoms with Crippen LogP contribution in [0.25, 0.3) is 0 Å². The van der Waals surface area contributed by atoms with Gasteiger partial charge in [-0.25, -0.2) is 0 Å². The Morgan fingerprint density at radius 1 is 0.500 bits per heavy atom. The summed E-state index contributed by atoms with van der Waals surface area (Å²) in [5.74, 6) is 2.45. The van der Waals surface area contributed by atoms with Gasteiger partial charge in [0.25, 0.3) is 0 Å². The molecule has 3 spiro atoms. The quantitative estimate of drug-likeness (QED) is 0.462. The van der Waals surface area contributed by atoms with E-state index in [1.807, 2.05) is 0 Å². The molecule has 0 N–H and O–H groups in total. The normalized spacial score (nSPS) is 46.7. The van der Waals surface area contributed by atoms with Crippen molar-refractivity contribution in [2.45, 2.75) is 126 Å². The van der Waals surface area contributed by atoms with E-state index in [0.29, 0.717) is 17.8 Å². The second-order valence-corrected chi connectivity index (χ2v) is 13.2. The van der Waals surface area contributed by atoms with Gasteiger partial charge in [0.05, 0.1) is 39.1 Å². The summed E-state index contributed by atoms with van der Waals surface area (Å²) >= 11 is 0. The number of rotatable bonds is 2. The second kappa shape index (κ2) is 10.1. The molecule has 3 saturated heterocycles. The van der Waals surface area contributed by atoms with Crippen molar-refractivity contribution >= 4 is 0 Å². The highest BCUT2D eigenvalue weighted by atomic mass is 16.7. The molecular weight excluding hydrogens is 456 g/mol. The molecule has 2 bridgehead atoms. The minimum atomic E-state index is -0.394. The summed E-state index contributed by atoms with van der Waals surface area (Å²) in [6.45, 7) is 4.08. The van der Waals surface area contributed by atoms with E-state index < -0.39 is 5.79 Å². The molecule has 4 saturated carbocycles. The van der Waals surface area contributed by atoms with Crippen molar-refractivity contribution in [1.29, 1.82) is 0 Å². The van der Waals surface area contributed by atoms with Gasteiger partial charge in [0.15, 0.2) is 17.4 Å². The van der Waals surface area contributed by atoms with E-state index in [-0.39, 0.29) is 17.7 Å². The zero-order chi connectivity index (χ0) is 24.1. The Kier molecular flexibility index (Phi) is 6.92. The average Bonchev–Trinajstić information content (AvgIpc) is 3.57. The van der Waals surface area contributed by atoms with Gasteiger partial charge in [0, 0.05) is 38.0 Å². The molecule has 6 heteroatoms. The van der Waals surface area contributed by atoms with E-state index in [9.17, 15) is 0 Å². The van der Waals surface area contributed by atoms with Crippen molar-refractivity contribution < 1.29 is 28.4 Å². The Hall–Kier alpha value is -0.240.